The van der Waals surface area contributed by atoms with Crippen LogP contribution in [0, 0.1) is 6.92 Å². The highest BCUT2D eigenvalue weighted by atomic mass is 35.5. The van der Waals surface area contributed by atoms with E-state index in [4.69, 9.17) is 11.6 Å². The number of rotatable bonds is 4. The summed E-state index contributed by atoms with van der Waals surface area (Å²) in [6, 6.07) is 17.8. The Morgan fingerprint density at radius 1 is 1.08 bits per heavy atom. The van der Waals surface area contributed by atoms with Gasteiger partial charge in [0.25, 0.3) is 0 Å². The summed E-state index contributed by atoms with van der Waals surface area (Å²) in [5.41, 5.74) is 4.44. The third kappa shape index (κ3) is 5.28. The van der Waals surface area contributed by atoms with E-state index in [-0.39, 0.29) is 24.0 Å². The molecule has 5 rings (SSSR count). The number of carbonyl (C=O) groups excluding carboxylic acids is 2. The number of halogens is 1. The first kappa shape index (κ1) is 24.8. The molecule has 2 aliphatic rings. The summed E-state index contributed by atoms with van der Waals surface area (Å²) in [4.78, 5) is 33.7. The van der Waals surface area contributed by atoms with Crippen molar-refractivity contribution in [2.45, 2.75) is 32.4 Å². The van der Waals surface area contributed by atoms with E-state index in [1.54, 1.807) is 17.0 Å². The number of thiophene rings is 1. The van der Waals surface area contributed by atoms with Gasteiger partial charge in [-0.25, -0.2) is 4.79 Å². The highest BCUT2D eigenvalue weighted by molar-refractivity contribution is 7.10. The minimum atomic E-state index is -0.169. The van der Waals surface area contributed by atoms with Gasteiger partial charge in [-0.05, 0) is 61.0 Å². The molecule has 0 bridgehead atoms. The van der Waals surface area contributed by atoms with Crippen LogP contribution in [0.4, 0.5) is 10.5 Å². The van der Waals surface area contributed by atoms with E-state index in [1.807, 2.05) is 35.3 Å². The number of nitrogens with zero attached hydrogens (tertiary/aromatic N) is 3. The van der Waals surface area contributed by atoms with Crippen LogP contribution in [0.3, 0.4) is 0 Å². The minimum absolute atomic E-state index is 0.0837. The van der Waals surface area contributed by atoms with Crippen LogP contribution in [0.5, 0.6) is 0 Å². The van der Waals surface area contributed by atoms with Gasteiger partial charge in [-0.2, -0.15) is 0 Å². The fraction of sp³-hybridized carbons (Fsp3) is 0.357. The number of hydrogen-bond donors (Lipinski definition) is 1. The number of anilines is 1. The standard InChI is InChI=1S/C28H31ClN4O2S/c1-19-6-8-21(9-7-19)27-24-11-15-36-25(24)10-12-32(27)18-26(34)31-13-14-33(20(2)17-31)28(35)30-23-5-3-4-22(29)16-23/h3-9,11,15-16,20,27H,10,12-14,17-18H2,1-2H3,(H,30,35)/t20-,27+/m1/s1. The molecule has 0 spiro atoms. The Labute approximate surface area is 221 Å². The highest BCUT2D eigenvalue weighted by Crippen LogP contribution is 2.37. The Hall–Kier alpha value is -2.87. The summed E-state index contributed by atoms with van der Waals surface area (Å²) in [5.74, 6) is 0.118. The normalized spacial score (nSPS) is 20.2. The molecule has 2 atom stereocenters. The average Bonchev–Trinajstić information content (AvgIpc) is 3.33. The molecule has 188 valence electrons. The van der Waals surface area contributed by atoms with Crippen LogP contribution in [0.2, 0.25) is 5.02 Å². The second kappa shape index (κ2) is 10.6. The first-order valence-corrected chi connectivity index (χ1v) is 13.6. The molecule has 2 aromatic carbocycles. The summed E-state index contributed by atoms with van der Waals surface area (Å²) in [6.45, 7) is 6.86. The number of amides is 3. The van der Waals surface area contributed by atoms with Gasteiger partial charge in [-0.1, -0.05) is 47.5 Å². The van der Waals surface area contributed by atoms with E-state index in [1.165, 1.54) is 21.6 Å². The molecule has 6 nitrogen and oxygen atoms in total. The number of piperazine rings is 1. The Kier molecular flexibility index (Phi) is 7.32. The van der Waals surface area contributed by atoms with Gasteiger partial charge in [0.15, 0.2) is 0 Å². The predicted octanol–water partition coefficient (Wildman–Crippen LogP) is 5.42. The van der Waals surface area contributed by atoms with Gasteiger partial charge in [0.05, 0.1) is 12.6 Å². The predicted molar refractivity (Wildman–Crippen MR) is 146 cm³/mol. The molecule has 2 aliphatic heterocycles. The maximum Gasteiger partial charge on any atom is 0.322 e. The molecule has 8 heteroatoms. The first-order chi connectivity index (χ1) is 17.4. The Morgan fingerprint density at radius 2 is 1.89 bits per heavy atom. The lowest BCUT2D eigenvalue weighted by molar-refractivity contribution is -0.135. The Bertz CT molecular complexity index is 1240. The van der Waals surface area contributed by atoms with Crippen molar-refractivity contribution in [2.75, 3.05) is 38.0 Å². The van der Waals surface area contributed by atoms with Crippen LogP contribution < -0.4 is 5.32 Å². The van der Waals surface area contributed by atoms with Gasteiger partial charge in [0, 0.05) is 47.8 Å². The van der Waals surface area contributed by atoms with Crippen LogP contribution in [-0.2, 0) is 11.2 Å². The number of benzene rings is 2. The number of urea groups is 1. The zero-order valence-corrected chi connectivity index (χ0v) is 22.2. The second-order valence-electron chi connectivity index (χ2n) is 9.66. The largest absolute Gasteiger partial charge is 0.338 e. The fourth-order valence-corrected chi connectivity index (χ4v) is 6.29. The first-order valence-electron chi connectivity index (χ1n) is 12.4. The molecule has 0 radical (unpaired) electrons. The number of aryl methyl sites for hydroxylation is 1. The van der Waals surface area contributed by atoms with Crippen molar-refractivity contribution in [3.05, 3.63) is 86.6 Å². The molecular weight excluding hydrogens is 492 g/mol. The van der Waals surface area contributed by atoms with E-state index < -0.39 is 0 Å². The van der Waals surface area contributed by atoms with E-state index in [9.17, 15) is 9.59 Å². The van der Waals surface area contributed by atoms with Crippen LogP contribution in [-0.4, -0.2) is 65.4 Å². The molecule has 36 heavy (non-hydrogen) atoms. The van der Waals surface area contributed by atoms with Gasteiger partial charge in [0.1, 0.15) is 0 Å². The molecule has 0 saturated carbocycles. The topological polar surface area (TPSA) is 55.9 Å². The smallest absolute Gasteiger partial charge is 0.322 e. The second-order valence-corrected chi connectivity index (χ2v) is 11.1. The zero-order chi connectivity index (χ0) is 25.2. The minimum Gasteiger partial charge on any atom is -0.338 e. The molecule has 0 aliphatic carbocycles. The van der Waals surface area contributed by atoms with Gasteiger partial charge >= 0.3 is 6.03 Å². The van der Waals surface area contributed by atoms with Gasteiger partial charge in [0.2, 0.25) is 5.91 Å². The third-order valence-electron chi connectivity index (χ3n) is 7.11. The fourth-order valence-electron chi connectivity index (χ4n) is 5.20. The van der Waals surface area contributed by atoms with Gasteiger partial charge < -0.3 is 15.1 Å². The summed E-state index contributed by atoms with van der Waals surface area (Å²) < 4.78 is 0. The van der Waals surface area contributed by atoms with Crippen LogP contribution >= 0.6 is 22.9 Å². The molecule has 3 aromatic rings. The van der Waals surface area contributed by atoms with Gasteiger partial charge in [-0.3, -0.25) is 9.69 Å². The lowest BCUT2D eigenvalue weighted by Crippen LogP contribution is -2.58. The molecule has 0 unspecified atom stereocenters. The molecule has 1 aromatic heterocycles. The average molecular weight is 523 g/mol. The molecular formula is C28H31ClN4O2S. The lowest BCUT2D eigenvalue weighted by Gasteiger charge is -2.41. The van der Waals surface area contributed by atoms with Crippen molar-refractivity contribution in [2.24, 2.45) is 0 Å². The molecule has 3 heterocycles. The van der Waals surface area contributed by atoms with Crippen LogP contribution in [0.1, 0.15) is 34.5 Å². The number of hydrogen-bond acceptors (Lipinski definition) is 4. The number of nitrogens with one attached hydrogen (secondary N) is 1. The van der Waals surface area contributed by atoms with Crippen molar-refractivity contribution in [3.63, 3.8) is 0 Å². The van der Waals surface area contributed by atoms with E-state index >= 15 is 0 Å². The van der Waals surface area contributed by atoms with Crippen molar-refractivity contribution >= 4 is 40.6 Å². The maximum atomic E-state index is 13.5. The third-order valence-corrected chi connectivity index (χ3v) is 8.35. The van der Waals surface area contributed by atoms with E-state index in [0.717, 1.165) is 13.0 Å². The monoisotopic (exact) mass is 522 g/mol. The Balaban J connectivity index is 1.24. The Morgan fingerprint density at radius 3 is 2.64 bits per heavy atom. The van der Waals surface area contributed by atoms with Crippen molar-refractivity contribution < 1.29 is 9.59 Å². The highest BCUT2D eigenvalue weighted by Gasteiger charge is 2.34. The molecule has 1 N–H and O–H groups in total. The number of fused-ring (bicyclic) bond motifs is 1. The van der Waals surface area contributed by atoms with Crippen LogP contribution in [0.25, 0.3) is 0 Å². The van der Waals surface area contributed by atoms with Crippen molar-refractivity contribution in [1.29, 1.82) is 0 Å². The van der Waals surface area contributed by atoms with E-state index in [2.05, 4.69) is 52.9 Å². The summed E-state index contributed by atoms with van der Waals surface area (Å²) >= 11 is 7.85. The molecule has 1 saturated heterocycles. The van der Waals surface area contributed by atoms with Crippen molar-refractivity contribution in [1.82, 2.24) is 14.7 Å². The molecule has 1 fully saturated rings. The SMILES string of the molecule is Cc1ccc([C@H]2c3ccsc3CCN2CC(=O)N2CCN(C(=O)Nc3cccc(Cl)c3)[C@H](C)C2)cc1. The van der Waals surface area contributed by atoms with Crippen molar-refractivity contribution in [3.8, 4) is 0 Å². The summed E-state index contributed by atoms with van der Waals surface area (Å²) in [6.07, 6.45) is 0.969. The lowest BCUT2D eigenvalue weighted by atomic mass is 9.92. The molecule has 3 amide bonds. The van der Waals surface area contributed by atoms with Gasteiger partial charge in [-0.15, -0.1) is 11.3 Å². The number of carbonyl (C=O) groups is 2. The summed E-state index contributed by atoms with van der Waals surface area (Å²) in [7, 11) is 0. The van der Waals surface area contributed by atoms with E-state index in [0.29, 0.717) is 36.9 Å². The van der Waals surface area contributed by atoms with Crippen LogP contribution in [0.15, 0.2) is 60.0 Å². The maximum absolute atomic E-state index is 13.5. The zero-order valence-electron chi connectivity index (χ0n) is 20.6. The quantitative estimate of drug-likeness (QED) is 0.497. The summed E-state index contributed by atoms with van der Waals surface area (Å²) in [5, 5.41) is 5.65.